The van der Waals surface area contributed by atoms with Crippen LogP contribution < -0.4 is 5.32 Å². The molecule has 6 nitrogen and oxygen atoms in total. The number of carbonyl (C=O) groups is 3. The second-order valence-electron chi connectivity index (χ2n) is 5.52. The Hall–Kier alpha value is -1.43. The molecule has 114 valence electrons. The quantitative estimate of drug-likeness (QED) is 0.563. The van der Waals surface area contributed by atoms with Gasteiger partial charge in [0.25, 0.3) is 0 Å². The van der Waals surface area contributed by atoms with Gasteiger partial charge in [0.05, 0.1) is 0 Å². The lowest BCUT2D eigenvalue weighted by molar-refractivity contribution is -0.152. The van der Waals surface area contributed by atoms with Gasteiger partial charge >= 0.3 is 6.03 Å². The molecule has 1 aliphatic heterocycles. The van der Waals surface area contributed by atoms with Crippen molar-refractivity contribution in [3.05, 3.63) is 0 Å². The number of imide groups is 2. The summed E-state index contributed by atoms with van der Waals surface area (Å²) in [6, 6.07) is -0.581. The minimum absolute atomic E-state index is 0.346. The smallest absolute Gasteiger partial charge is 0.309 e. The van der Waals surface area contributed by atoms with Crippen LogP contribution in [0.25, 0.3) is 0 Å². The van der Waals surface area contributed by atoms with Gasteiger partial charge in [-0.1, -0.05) is 13.8 Å². The molecule has 1 aliphatic rings. The fraction of sp³-hybridized carbons (Fsp3) is 0.786. The van der Waals surface area contributed by atoms with Crippen LogP contribution in [0, 0.1) is 5.41 Å². The van der Waals surface area contributed by atoms with E-state index in [9.17, 15) is 14.4 Å². The third-order valence-electron chi connectivity index (χ3n) is 4.00. The molecule has 0 bridgehead atoms. The van der Waals surface area contributed by atoms with Crippen molar-refractivity contribution in [2.75, 3.05) is 27.2 Å². The number of amides is 4. The van der Waals surface area contributed by atoms with E-state index in [0.29, 0.717) is 19.4 Å². The lowest BCUT2D eigenvalue weighted by Gasteiger charge is -2.38. The highest BCUT2D eigenvalue weighted by molar-refractivity contribution is 6.19. The van der Waals surface area contributed by atoms with Crippen LogP contribution in [-0.4, -0.2) is 54.8 Å². The Morgan fingerprint density at radius 2 is 1.70 bits per heavy atom. The van der Waals surface area contributed by atoms with E-state index >= 15 is 0 Å². The van der Waals surface area contributed by atoms with Crippen LogP contribution in [-0.2, 0) is 9.59 Å². The fourth-order valence-electron chi connectivity index (χ4n) is 2.51. The van der Waals surface area contributed by atoms with Crippen molar-refractivity contribution in [3.8, 4) is 0 Å². The van der Waals surface area contributed by atoms with Crippen molar-refractivity contribution in [1.29, 1.82) is 0 Å². The molecule has 0 radical (unpaired) electrons. The first kappa shape index (κ1) is 16.6. The number of nitrogens with zero attached hydrogens (tertiary/aromatic N) is 2. The molecule has 1 rings (SSSR count). The average molecular weight is 283 g/mol. The Bertz CT molecular complexity index is 389. The molecule has 1 heterocycles. The normalized spacial score (nSPS) is 18.6. The van der Waals surface area contributed by atoms with Gasteiger partial charge in [-0.25, -0.2) is 4.79 Å². The summed E-state index contributed by atoms with van der Waals surface area (Å²) in [5, 5.41) is 2.32. The predicted octanol–water partition coefficient (Wildman–Crippen LogP) is 1.21. The maximum absolute atomic E-state index is 12.5. The highest BCUT2D eigenvalue weighted by Crippen LogP contribution is 2.32. The second-order valence-corrected chi connectivity index (χ2v) is 5.52. The van der Waals surface area contributed by atoms with E-state index in [4.69, 9.17) is 0 Å². The Morgan fingerprint density at radius 1 is 1.10 bits per heavy atom. The van der Waals surface area contributed by atoms with Gasteiger partial charge in [0, 0.05) is 6.54 Å². The van der Waals surface area contributed by atoms with Crippen molar-refractivity contribution in [3.63, 3.8) is 0 Å². The Morgan fingerprint density at radius 3 is 2.20 bits per heavy atom. The number of barbiturate groups is 1. The van der Waals surface area contributed by atoms with Gasteiger partial charge in [-0.15, -0.1) is 0 Å². The molecule has 0 aromatic heterocycles. The third kappa shape index (κ3) is 3.17. The van der Waals surface area contributed by atoms with E-state index in [1.54, 1.807) is 13.8 Å². The van der Waals surface area contributed by atoms with Gasteiger partial charge in [0.1, 0.15) is 5.41 Å². The predicted molar refractivity (Wildman–Crippen MR) is 76.1 cm³/mol. The van der Waals surface area contributed by atoms with E-state index in [2.05, 4.69) is 10.2 Å². The summed E-state index contributed by atoms with van der Waals surface area (Å²) < 4.78 is 0. The minimum Gasteiger partial charge on any atom is -0.309 e. The summed E-state index contributed by atoms with van der Waals surface area (Å²) in [6.45, 7) is 4.89. The first-order valence-corrected chi connectivity index (χ1v) is 7.21. The second kappa shape index (κ2) is 6.83. The average Bonchev–Trinajstić information content (AvgIpc) is 2.38. The summed E-state index contributed by atoms with van der Waals surface area (Å²) in [4.78, 5) is 39.6. The maximum atomic E-state index is 12.5. The number of urea groups is 1. The van der Waals surface area contributed by atoms with Crippen LogP contribution in [0.1, 0.15) is 39.5 Å². The summed E-state index contributed by atoms with van der Waals surface area (Å²) >= 11 is 0. The third-order valence-corrected chi connectivity index (χ3v) is 4.00. The van der Waals surface area contributed by atoms with Gasteiger partial charge < -0.3 is 4.90 Å². The van der Waals surface area contributed by atoms with Gasteiger partial charge in [-0.3, -0.25) is 19.8 Å². The zero-order valence-corrected chi connectivity index (χ0v) is 12.9. The van der Waals surface area contributed by atoms with E-state index < -0.39 is 17.4 Å². The minimum atomic E-state index is -1.07. The Kier molecular flexibility index (Phi) is 5.68. The fourth-order valence-corrected chi connectivity index (χ4v) is 2.51. The standard InChI is InChI=1S/C14H25N3O3/c1-5-14(6-2)11(18)15-13(20)17(12(14)19)10-8-7-9-16(3)4/h5-10H2,1-4H3,(H,15,18,20). The molecule has 0 saturated carbocycles. The van der Waals surface area contributed by atoms with Crippen LogP contribution in [0.4, 0.5) is 4.79 Å². The van der Waals surface area contributed by atoms with Crippen LogP contribution in [0.2, 0.25) is 0 Å². The first-order chi connectivity index (χ1) is 9.39. The largest absolute Gasteiger partial charge is 0.330 e. The van der Waals surface area contributed by atoms with Gasteiger partial charge in [-0.05, 0) is 46.3 Å². The molecular formula is C14H25N3O3. The highest BCUT2D eigenvalue weighted by Gasteiger charge is 2.51. The maximum Gasteiger partial charge on any atom is 0.330 e. The molecule has 0 aliphatic carbocycles. The number of unbranched alkanes of at least 4 members (excludes halogenated alkanes) is 1. The molecular weight excluding hydrogens is 258 g/mol. The molecule has 0 spiro atoms. The van der Waals surface area contributed by atoms with Gasteiger partial charge in [0.15, 0.2) is 0 Å². The summed E-state index contributed by atoms with van der Waals surface area (Å²) in [7, 11) is 3.97. The molecule has 0 atom stereocenters. The number of carbonyl (C=O) groups excluding carboxylic acids is 3. The lowest BCUT2D eigenvalue weighted by Crippen LogP contribution is -2.63. The van der Waals surface area contributed by atoms with Crippen molar-refractivity contribution in [2.45, 2.75) is 39.5 Å². The molecule has 1 fully saturated rings. The number of nitrogens with one attached hydrogen (secondary N) is 1. The Balaban J connectivity index is 2.72. The van der Waals surface area contributed by atoms with Crippen molar-refractivity contribution < 1.29 is 14.4 Å². The summed E-state index contributed by atoms with van der Waals surface area (Å²) in [5.41, 5.74) is -1.07. The molecule has 6 heteroatoms. The van der Waals surface area contributed by atoms with Gasteiger partial charge in [-0.2, -0.15) is 0 Å². The first-order valence-electron chi connectivity index (χ1n) is 7.21. The van der Waals surface area contributed by atoms with Crippen LogP contribution in [0.3, 0.4) is 0 Å². The Labute approximate surface area is 120 Å². The zero-order chi connectivity index (χ0) is 15.3. The topological polar surface area (TPSA) is 69.7 Å². The van der Waals surface area contributed by atoms with E-state index in [-0.39, 0.29) is 5.91 Å². The molecule has 0 aromatic rings. The number of hydrogen-bond acceptors (Lipinski definition) is 4. The summed E-state index contributed by atoms with van der Waals surface area (Å²) in [5.74, 6) is -0.803. The zero-order valence-electron chi connectivity index (χ0n) is 12.9. The van der Waals surface area contributed by atoms with E-state index in [1.165, 1.54) is 4.90 Å². The van der Waals surface area contributed by atoms with Gasteiger partial charge in [0.2, 0.25) is 11.8 Å². The molecule has 0 unspecified atom stereocenters. The molecule has 1 N–H and O–H groups in total. The van der Waals surface area contributed by atoms with Crippen LogP contribution >= 0.6 is 0 Å². The molecule has 4 amide bonds. The highest BCUT2D eigenvalue weighted by atomic mass is 16.2. The lowest BCUT2D eigenvalue weighted by atomic mass is 9.78. The van der Waals surface area contributed by atoms with Crippen LogP contribution in [0.15, 0.2) is 0 Å². The number of rotatable bonds is 7. The van der Waals surface area contributed by atoms with Crippen molar-refractivity contribution in [2.24, 2.45) is 5.41 Å². The monoisotopic (exact) mass is 283 g/mol. The SMILES string of the molecule is CCC1(CC)C(=O)NC(=O)N(CCCCN(C)C)C1=O. The van der Waals surface area contributed by atoms with Crippen molar-refractivity contribution >= 4 is 17.8 Å². The molecule has 20 heavy (non-hydrogen) atoms. The summed E-state index contributed by atoms with van der Waals surface area (Å²) in [6.07, 6.45) is 2.48. The van der Waals surface area contributed by atoms with E-state index in [1.807, 2.05) is 14.1 Å². The van der Waals surface area contributed by atoms with Crippen LogP contribution in [0.5, 0.6) is 0 Å². The van der Waals surface area contributed by atoms with E-state index in [0.717, 1.165) is 19.4 Å². The molecule has 0 aromatic carbocycles. The van der Waals surface area contributed by atoms with Crippen molar-refractivity contribution in [1.82, 2.24) is 15.1 Å². The number of hydrogen-bond donors (Lipinski definition) is 1. The molecule has 1 saturated heterocycles.